The summed E-state index contributed by atoms with van der Waals surface area (Å²) in [7, 11) is 1.97. The van der Waals surface area contributed by atoms with Crippen LogP contribution in [0.1, 0.15) is 29.3 Å². The van der Waals surface area contributed by atoms with Crippen molar-refractivity contribution < 1.29 is 4.79 Å². The van der Waals surface area contributed by atoms with Gasteiger partial charge in [-0.1, -0.05) is 6.07 Å². The van der Waals surface area contributed by atoms with Crippen LogP contribution in [0, 0.1) is 5.92 Å². The summed E-state index contributed by atoms with van der Waals surface area (Å²) in [5, 5.41) is 10.9. The van der Waals surface area contributed by atoms with E-state index in [2.05, 4.69) is 38.8 Å². The van der Waals surface area contributed by atoms with Crippen LogP contribution in [-0.2, 0) is 13.6 Å². The maximum absolute atomic E-state index is 12.9. The number of carbonyl (C=O) groups excluding carboxylic acids is 1. The van der Waals surface area contributed by atoms with Gasteiger partial charge in [0.05, 0.1) is 28.7 Å². The minimum atomic E-state index is -0.0995. The van der Waals surface area contributed by atoms with Gasteiger partial charge in [-0.05, 0) is 43.5 Å². The Morgan fingerprint density at radius 1 is 1.19 bits per heavy atom. The SMILES string of the molecule is Cn1ccc2c(-c3ncc(Nc4cccc(N5CC[C@H]6CNC[C@]65C)n4)c4c3CNC4=O)ccnc21. The third kappa shape index (κ3) is 3.05. The summed E-state index contributed by atoms with van der Waals surface area (Å²) in [6, 6.07) is 10.0. The molecule has 4 aromatic rings. The van der Waals surface area contributed by atoms with Crippen molar-refractivity contribution in [2.75, 3.05) is 29.9 Å². The number of anilines is 3. The number of amides is 1. The zero-order valence-electron chi connectivity index (χ0n) is 20.4. The highest BCUT2D eigenvalue weighted by Gasteiger charge is 2.48. The Kier molecular flexibility index (Phi) is 4.59. The molecule has 0 radical (unpaired) electrons. The molecule has 0 spiro atoms. The zero-order chi connectivity index (χ0) is 24.4. The second kappa shape index (κ2) is 7.76. The molecule has 0 unspecified atom stereocenters. The average molecular weight is 481 g/mol. The fourth-order valence-corrected chi connectivity index (χ4v) is 6.23. The second-order valence-electron chi connectivity index (χ2n) is 10.2. The Morgan fingerprint density at radius 2 is 2.11 bits per heavy atom. The van der Waals surface area contributed by atoms with E-state index in [9.17, 15) is 4.79 Å². The minimum Gasteiger partial charge on any atom is -0.350 e. The van der Waals surface area contributed by atoms with Crippen LogP contribution in [0.4, 0.5) is 17.3 Å². The van der Waals surface area contributed by atoms with Crippen LogP contribution in [-0.4, -0.2) is 50.6 Å². The van der Waals surface area contributed by atoms with Crippen molar-refractivity contribution in [3.8, 4) is 11.3 Å². The Morgan fingerprint density at radius 3 is 3.03 bits per heavy atom. The number of aromatic nitrogens is 4. The normalized spacial score (nSPS) is 22.7. The number of hydrogen-bond acceptors (Lipinski definition) is 7. The molecular weight excluding hydrogens is 452 g/mol. The topological polar surface area (TPSA) is 100 Å². The molecule has 182 valence electrons. The maximum atomic E-state index is 12.9. The Bertz CT molecular complexity index is 1530. The van der Waals surface area contributed by atoms with Gasteiger partial charge in [0.1, 0.15) is 17.3 Å². The summed E-state index contributed by atoms with van der Waals surface area (Å²) in [5.74, 6) is 2.21. The number of hydrogen-bond donors (Lipinski definition) is 3. The molecule has 0 aromatic carbocycles. The molecule has 0 aliphatic carbocycles. The van der Waals surface area contributed by atoms with Crippen LogP contribution in [0.3, 0.4) is 0 Å². The van der Waals surface area contributed by atoms with Gasteiger partial charge in [-0.3, -0.25) is 9.78 Å². The monoisotopic (exact) mass is 480 g/mol. The third-order valence-electron chi connectivity index (χ3n) is 8.20. The quantitative estimate of drug-likeness (QED) is 0.412. The van der Waals surface area contributed by atoms with Gasteiger partial charge in [-0.15, -0.1) is 0 Å². The molecule has 9 heteroatoms. The van der Waals surface area contributed by atoms with E-state index < -0.39 is 0 Å². The molecule has 2 atom stereocenters. The number of fused-ring (bicyclic) bond motifs is 3. The summed E-state index contributed by atoms with van der Waals surface area (Å²) < 4.78 is 1.99. The van der Waals surface area contributed by atoms with Gasteiger partial charge in [-0.25, -0.2) is 9.97 Å². The highest BCUT2D eigenvalue weighted by atomic mass is 16.1. The molecule has 0 saturated carbocycles. The first kappa shape index (κ1) is 21.3. The highest BCUT2D eigenvalue weighted by molar-refractivity contribution is 6.06. The summed E-state index contributed by atoms with van der Waals surface area (Å²) in [6.07, 6.45) is 6.70. The molecule has 9 nitrogen and oxygen atoms in total. The summed E-state index contributed by atoms with van der Waals surface area (Å²) in [5.41, 5.74) is 4.94. The zero-order valence-corrected chi connectivity index (χ0v) is 20.4. The number of pyridine rings is 3. The van der Waals surface area contributed by atoms with Crippen molar-refractivity contribution in [1.82, 2.24) is 30.2 Å². The van der Waals surface area contributed by atoms with Crippen molar-refractivity contribution in [2.45, 2.75) is 25.4 Å². The lowest BCUT2D eigenvalue weighted by Crippen LogP contribution is -2.47. The predicted octanol–water partition coefficient (Wildman–Crippen LogP) is 3.21. The van der Waals surface area contributed by atoms with Gasteiger partial charge < -0.3 is 25.4 Å². The standard InChI is InChI=1S/C27H28N8O/c1-27-15-28-12-16(27)7-11-35(27)22-5-3-4-21(33-22)32-20-14-30-24(19-13-31-26(36)23(19)20)17-6-9-29-25-18(17)8-10-34(25)2/h3-6,8-10,14,16,28H,7,11-13,15H2,1-2H3,(H,31,36)(H,32,33)/t16-,27+/m0/s1. The van der Waals surface area contributed by atoms with Gasteiger partial charge in [-0.2, -0.15) is 0 Å². The molecule has 0 bridgehead atoms. The number of aryl methyl sites for hydroxylation is 1. The Balaban J connectivity index is 1.26. The highest BCUT2D eigenvalue weighted by Crippen LogP contribution is 2.41. The number of nitrogens with one attached hydrogen (secondary N) is 3. The average Bonchev–Trinajstić information content (AvgIpc) is 3.63. The Hall–Kier alpha value is -3.98. The molecule has 36 heavy (non-hydrogen) atoms. The van der Waals surface area contributed by atoms with E-state index in [-0.39, 0.29) is 11.4 Å². The fraction of sp³-hybridized carbons (Fsp3) is 0.333. The van der Waals surface area contributed by atoms with E-state index in [0.29, 0.717) is 29.5 Å². The van der Waals surface area contributed by atoms with Crippen molar-refractivity contribution in [1.29, 1.82) is 0 Å². The van der Waals surface area contributed by atoms with Crippen LogP contribution < -0.4 is 20.9 Å². The molecular formula is C27H28N8O. The van der Waals surface area contributed by atoms with Crippen LogP contribution >= 0.6 is 0 Å². The van der Waals surface area contributed by atoms with Gasteiger partial charge >= 0.3 is 0 Å². The van der Waals surface area contributed by atoms with Crippen LogP contribution in [0.5, 0.6) is 0 Å². The van der Waals surface area contributed by atoms with Gasteiger partial charge in [0.25, 0.3) is 5.91 Å². The van der Waals surface area contributed by atoms with Gasteiger partial charge in [0.2, 0.25) is 0 Å². The summed E-state index contributed by atoms with van der Waals surface area (Å²) in [4.78, 5) is 29.6. The van der Waals surface area contributed by atoms with Crippen LogP contribution in [0.15, 0.2) is 48.9 Å². The molecule has 3 N–H and O–H groups in total. The number of rotatable bonds is 4. The fourth-order valence-electron chi connectivity index (χ4n) is 6.23. The molecule has 2 saturated heterocycles. The van der Waals surface area contributed by atoms with Gasteiger partial charge in [0, 0.05) is 62.1 Å². The smallest absolute Gasteiger partial charge is 0.254 e. The van der Waals surface area contributed by atoms with E-state index in [4.69, 9.17) is 9.97 Å². The van der Waals surface area contributed by atoms with E-state index in [1.807, 2.05) is 42.1 Å². The molecule has 3 aliphatic rings. The van der Waals surface area contributed by atoms with Gasteiger partial charge in [0.15, 0.2) is 0 Å². The van der Waals surface area contributed by atoms with Crippen molar-refractivity contribution >= 4 is 34.3 Å². The first-order valence-corrected chi connectivity index (χ1v) is 12.5. The largest absolute Gasteiger partial charge is 0.350 e. The molecule has 2 fully saturated rings. The lowest BCUT2D eigenvalue weighted by atomic mass is 9.90. The van der Waals surface area contributed by atoms with Crippen molar-refractivity contribution in [3.63, 3.8) is 0 Å². The number of carbonyl (C=O) groups is 1. The first-order chi connectivity index (χ1) is 17.5. The third-order valence-corrected chi connectivity index (χ3v) is 8.20. The Labute approximate surface area is 209 Å². The van der Waals surface area contributed by atoms with E-state index in [0.717, 1.165) is 53.3 Å². The first-order valence-electron chi connectivity index (χ1n) is 12.5. The predicted molar refractivity (Wildman–Crippen MR) is 139 cm³/mol. The van der Waals surface area contributed by atoms with Crippen molar-refractivity contribution in [3.05, 3.63) is 60.0 Å². The minimum absolute atomic E-state index is 0.0866. The molecule has 4 aromatic heterocycles. The number of nitrogens with zero attached hydrogens (tertiary/aromatic N) is 5. The van der Waals surface area contributed by atoms with E-state index in [1.54, 1.807) is 12.4 Å². The lowest BCUT2D eigenvalue weighted by molar-refractivity contribution is 0.0966. The van der Waals surface area contributed by atoms with Crippen molar-refractivity contribution in [2.24, 2.45) is 13.0 Å². The maximum Gasteiger partial charge on any atom is 0.254 e. The van der Waals surface area contributed by atoms with Crippen LogP contribution in [0.25, 0.3) is 22.3 Å². The van der Waals surface area contributed by atoms with E-state index >= 15 is 0 Å². The molecule has 7 heterocycles. The summed E-state index contributed by atoms with van der Waals surface area (Å²) >= 11 is 0. The summed E-state index contributed by atoms with van der Waals surface area (Å²) in [6.45, 7) is 5.82. The lowest BCUT2D eigenvalue weighted by Gasteiger charge is -2.35. The molecule has 3 aliphatic heterocycles. The van der Waals surface area contributed by atoms with Crippen LogP contribution in [0.2, 0.25) is 0 Å². The second-order valence-corrected chi connectivity index (χ2v) is 10.2. The van der Waals surface area contributed by atoms with E-state index in [1.165, 1.54) is 6.42 Å². The molecule has 1 amide bonds. The molecule has 7 rings (SSSR count).